The minimum absolute atomic E-state index is 0.335. The smallest absolute Gasteiger partial charge is 0.191 e. The van der Waals surface area contributed by atoms with Crippen LogP contribution in [-0.2, 0) is 14.2 Å². The Morgan fingerprint density at radius 1 is 1.18 bits per heavy atom. The first-order valence-corrected chi connectivity index (χ1v) is 8.60. The van der Waals surface area contributed by atoms with Crippen LogP contribution in [0.25, 0.3) is 0 Å². The number of aliphatic imine (C=N–C) groups is 1. The van der Waals surface area contributed by atoms with Gasteiger partial charge in [-0.2, -0.15) is 0 Å². The van der Waals surface area contributed by atoms with Crippen LogP contribution in [0.5, 0.6) is 0 Å². The van der Waals surface area contributed by atoms with Crippen LogP contribution in [-0.4, -0.2) is 65.2 Å². The Hall–Kier alpha value is -0.850. The molecule has 0 bridgehead atoms. The van der Waals surface area contributed by atoms with Crippen molar-refractivity contribution in [2.45, 2.75) is 38.2 Å². The summed E-state index contributed by atoms with van der Waals surface area (Å²) >= 11 is 0. The number of hydrogen-bond donors (Lipinski definition) is 2. The van der Waals surface area contributed by atoms with Crippen molar-refractivity contribution >= 4 is 5.96 Å². The Kier molecular flexibility index (Phi) is 8.60. The maximum atomic E-state index is 5.75. The van der Waals surface area contributed by atoms with Crippen molar-refractivity contribution in [3.8, 4) is 0 Å². The maximum Gasteiger partial charge on any atom is 0.191 e. The van der Waals surface area contributed by atoms with E-state index in [1.54, 1.807) is 7.05 Å². The molecule has 22 heavy (non-hydrogen) atoms. The molecule has 2 aliphatic heterocycles. The third-order valence-corrected chi connectivity index (χ3v) is 4.20. The van der Waals surface area contributed by atoms with Crippen molar-refractivity contribution in [3.63, 3.8) is 0 Å². The van der Waals surface area contributed by atoms with Crippen LogP contribution in [0, 0.1) is 5.92 Å². The number of rotatable bonds is 8. The Bertz CT molecular complexity index is 314. The highest BCUT2D eigenvalue weighted by Gasteiger charge is 2.15. The molecule has 128 valence electrons. The molecule has 6 nitrogen and oxygen atoms in total. The molecule has 0 aromatic carbocycles. The summed E-state index contributed by atoms with van der Waals surface area (Å²) in [6, 6.07) is 0. The van der Waals surface area contributed by atoms with Gasteiger partial charge < -0.3 is 24.8 Å². The van der Waals surface area contributed by atoms with Crippen LogP contribution in [0.2, 0.25) is 0 Å². The highest BCUT2D eigenvalue weighted by Crippen LogP contribution is 2.14. The minimum atomic E-state index is 0.335. The van der Waals surface area contributed by atoms with E-state index in [4.69, 9.17) is 14.2 Å². The lowest BCUT2D eigenvalue weighted by Crippen LogP contribution is -2.41. The van der Waals surface area contributed by atoms with E-state index in [1.165, 1.54) is 6.42 Å². The molecule has 0 spiro atoms. The molecular weight excluding hydrogens is 282 g/mol. The lowest BCUT2D eigenvalue weighted by atomic mass is 10.0. The van der Waals surface area contributed by atoms with Gasteiger partial charge >= 0.3 is 0 Å². The number of nitrogens with one attached hydrogen (secondary N) is 2. The zero-order valence-electron chi connectivity index (χ0n) is 13.8. The zero-order valence-corrected chi connectivity index (χ0v) is 13.8. The summed E-state index contributed by atoms with van der Waals surface area (Å²) in [7, 11) is 1.80. The lowest BCUT2D eigenvalue weighted by Gasteiger charge is -2.21. The molecule has 2 heterocycles. The summed E-state index contributed by atoms with van der Waals surface area (Å²) < 4.78 is 16.7. The Morgan fingerprint density at radius 3 is 2.77 bits per heavy atom. The number of guanidine groups is 1. The summed E-state index contributed by atoms with van der Waals surface area (Å²) in [6.45, 7) is 6.05. The monoisotopic (exact) mass is 313 g/mol. The summed E-state index contributed by atoms with van der Waals surface area (Å²) in [5, 5.41) is 6.63. The number of hydrogen-bond acceptors (Lipinski definition) is 4. The van der Waals surface area contributed by atoms with Gasteiger partial charge in [0.2, 0.25) is 0 Å². The Labute approximate surface area is 134 Å². The molecule has 0 amide bonds. The molecular formula is C16H31N3O3. The molecule has 0 saturated carbocycles. The van der Waals surface area contributed by atoms with Gasteiger partial charge in [0.25, 0.3) is 0 Å². The van der Waals surface area contributed by atoms with E-state index in [9.17, 15) is 0 Å². The molecule has 0 radical (unpaired) electrons. The van der Waals surface area contributed by atoms with E-state index >= 15 is 0 Å². The van der Waals surface area contributed by atoms with Gasteiger partial charge in [-0.05, 0) is 38.0 Å². The van der Waals surface area contributed by atoms with Gasteiger partial charge in [-0.15, -0.1) is 0 Å². The van der Waals surface area contributed by atoms with Gasteiger partial charge in [-0.25, -0.2) is 0 Å². The van der Waals surface area contributed by atoms with Gasteiger partial charge in [-0.3, -0.25) is 4.99 Å². The zero-order chi connectivity index (χ0) is 15.5. The average Bonchev–Trinajstić information content (AvgIpc) is 3.08. The van der Waals surface area contributed by atoms with Gasteiger partial charge in [0.15, 0.2) is 5.96 Å². The molecule has 2 rings (SSSR count). The molecule has 2 N–H and O–H groups in total. The summed E-state index contributed by atoms with van der Waals surface area (Å²) in [5.74, 6) is 1.53. The highest BCUT2D eigenvalue weighted by molar-refractivity contribution is 5.79. The van der Waals surface area contributed by atoms with Crippen LogP contribution in [0.15, 0.2) is 4.99 Å². The molecule has 0 aromatic heterocycles. The molecule has 1 atom stereocenters. The molecule has 1 unspecified atom stereocenters. The molecule has 2 aliphatic rings. The first-order chi connectivity index (χ1) is 10.9. The normalized spacial score (nSPS) is 23.7. The summed E-state index contributed by atoms with van der Waals surface area (Å²) in [4.78, 5) is 4.22. The van der Waals surface area contributed by atoms with Crippen molar-refractivity contribution in [2.24, 2.45) is 10.9 Å². The van der Waals surface area contributed by atoms with E-state index in [1.807, 2.05) is 0 Å². The fourth-order valence-electron chi connectivity index (χ4n) is 2.78. The molecule has 2 fully saturated rings. The van der Waals surface area contributed by atoms with Crippen LogP contribution in [0.1, 0.15) is 32.1 Å². The van der Waals surface area contributed by atoms with Crippen LogP contribution in [0.3, 0.4) is 0 Å². The number of nitrogens with zero attached hydrogens (tertiary/aromatic N) is 1. The summed E-state index contributed by atoms with van der Waals surface area (Å²) in [5.41, 5.74) is 0. The lowest BCUT2D eigenvalue weighted by molar-refractivity contribution is 0.0203. The van der Waals surface area contributed by atoms with Crippen molar-refractivity contribution in [1.29, 1.82) is 0 Å². The van der Waals surface area contributed by atoms with Crippen LogP contribution in [0.4, 0.5) is 0 Å². The molecule has 6 heteroatoms. The second-order valence-corrected chi connectivity index (χ2v) is 6.00. The quantitative estimate of drug-likeness (QED) is 0.400. The predicted octanol–water partition coefficient (Wildman–Crippen LogP) is 1.16. The van der Waals surface area contributed by atoms with E-state index in [0.717, 1.165) is 77.8 Å². The van der Waals surface area contributed by atoms with Crippen molar-refractivity contribution in [3.05, 3.63) is 0 Å². The number of ether oxygens (including phenoxy) is 3. The third kappa shape index (κ3) is 6.94. The van der Waals surface area contributed by atoms with Crippen molar-refractivity contribution in [2.75, 3.05) is 53.2 Å². The predicted molar refractivity (Wildman–Crippen MR) is 87.3 cm³/mol. The SMILES string of the molecule is CN=C(NCCCOCC1CCOCC1)NCC1CCCO1. The van der Waals surface area contributed by atoms with Gasteiger partial charge in [-0.1, -0.05) is 0 Å². The topological polar surface area (TPSA) is 64.1 Å². The second kappa shape index (κ2) is 10.8. The molecule has 0 aliphatic carbocycles. The van der Waals surface area contributed by atoms with Crippen molar-refractivity contribution in [1.82, 2.24) is 10.6 Å². The Morgan fingerprint density at radius 2 is 2.05 bits per heavy atom. The van der Waals surface area contributed by atoms with E-state index < -0.39 is 0 Å². The fraction of sp³-hybridized carbons (Fsp3) is 0.938. The molecule has 0 aromatic rings. The van der Waals surface area contributed by atoms with Crippen molar-refractivity contribution < 1.29 is 14.2 Å². The molecule has 2 saturated heterocycles. The third-order valence-electron chi connectivity index (χ3n) is 4.20. The largest absolute Gasteiger partial charge is 0.381 e. The highest BCUT2D eigenvalue weighted by atomic mass is 16.5. The summed E-state index contributed by atoms with van der Waals surface area (Å²) in [6.07, 6.45) is 5.91. The average molecular weight is 313 g/mol. The van der Waals surface area contributed by atoms with Crippen LogP contribution < -0.4 is 10.6 Å². The van der Waals surface area contributed by atoms with Gasteiger partial charge in [0, 0.05) is 53.2 Å². The first-order valence-electron chi connectivity index (χ1n) is 8.60. The minimum Gasteiger partial charge on any atom is -0.381 e. The second-order valence-electron chi connectivity index (χ2n) is 6.00. The fourth-order valence-corrected chi connectivity index (χ4v) is 2.78. The van der Waals surface area contributed by atoms with E-state index in [0.29, 0.717) is 12.0 Å². The maximum absolute atomic E-state index is 5.75. The van der Waals surface area contributed by atoms with Gasteiger partial charge in [0.1, 0.15) is 0 Å². The Balaban J connectivity index is 1.44. The first kappa shape index (κ1) is 17.5. The van der Waals surface area contributed by atoms with E-state index in [-0.39, 0.29) is 0 Å². The van der Waals surface area contributed by atoms with Crippen LogP contribution >= 0.6 is 0 Å². The van der Waals surface area contributed by atoms with Gasteiger partial charge in [0.05, 0.1) is 6.10 Å². The van der Waals surface area contributed by atoms with E-state index in [2.05, 4.69) is 15.6 Å². The standard InChI is InChI=1S/C16H31N3O3/c1-17-16(19-12-15-4-2-9-22-15)18-7-3-8-21-13-14-5-10-20-11-6-14/h14-15H,2-13H2,1H3,(H2,17,18,19).